The number of hydrogen-bond acceptors (Lipinski definition) is 2. The zero-order chi connectivity index (χ0) is 15.9. The third kappa shape index (κ3) is 6.76. The summed E-state index contributed by atoms with van der Waals surface area (Å²) in [5.74, 6) is 0.447. The number of amides is 1. The van der Waals surface area contributed by atoms with Crippen LogP contribution in [0, 0.1) is 11.3 Å². The standard InChI is InChI=1S/C18H30N2O/c1-6-10-19-13-15-8-7-9-16(12-15)20-17(21)11-14(2)18(3,4)5/h7-9,12,14,19H,6,10-11,13H2,1-5H3,(H,20,21). The van der Waals surface area contributed by atoms with Gasteiger partial charge in [0.1, 0.15) is 0 Å². The van der Waals surface area contributed by atoms with E-state index in [-0.39, 0.29) is 11.3 Å². The molecule has 0 aromatic heterocycles. The third-order valence-electron chi connectivity index (χ3n) is 3.94. The van der Waals surface area contributed by atoms with Crippen molar-refractivity contribution in [2.24, 2.45) is 11.3 Å². The molecule has 0 fully saturated rings. The Hall–Kier alpha value is -1.35. The Morgan fingerprint density at radius 3 is 2.62 bits per heavy atom. The number of benzene rings is 1. The lowest BCUT2D eigenvalue weighted by Crippen LogP contribution is -2.24. The van der Waals surface area contributed by atoms with Crippen LogP contribution in [0.3, 0.4) is 0 Å². The minimum atomic E-state index is 0.0936. The average molecular weight is 290 g/mol. The van der Waals surface area contributed by atoms with Gasteiger partial charge in [0, 0.05) is 18.7 Å². The van der Waals surface area contributed by atoms with Gasteiger partial charge in [0.15, 0.2) is 0 Å². The van der Waals surface area contributed by atoms with Gasteiger partial charge in [-0.3, -0.25) is 4.79 Å². The summed E-state index contributed by atoms with van der Waals surface area (Å²) in [6.07, 6.45) is 1.68. The number of anilines is 1. The van der Waals surface area contributed by atoms with Crippen molar-refractivity contribution in [1.82, 2.24) is 5.32 Å². The Kier molecular flexibility index (Phi) is 6.90. The van der Waals surface area contributed by atoms with Crippen LogP contribution in [0.4, 0.5) is 5.69 Å². The number of nitrogens with one attached hydrogen (secondary N) is 2. The Bertz CT molecular complexity index is 449. The number of carbonyl (C=O) groups is 1. The fourth-order valence-electron chi connectivity index (χ4n) is 1.96. The lowest BCUT2D eigenvalue weighted by Gasteiger charge is -2.26. The van der Waals surface area contributed by atoms with Crippen LogP contribution in [0.25, 0.3) is 0 Å². The van der Waals surface area contributed by atoms with Crippen LogP contribution in [-0.2, 0) is 11.3 Å². The van der Waals surface area contributed by atoms with Gasteiger partial charge >= 0.3 is 0 Å². The van der Waals surface area contributed by atoms with Crippen LogP contribution in [-0.4, -0.2) is 12.5 Å². The van der Waals surface area contributed by atoms with Crippen LogP contribution in [0.2, 0.25) is 0 Å². The maximum absolute atomic E-state index is 12.1. The first kappa shape index (κ1) is 17.7. The molecular formula is C18H30N2O. The fourth-order valence-corrected chi connectivity index (χ4v) is 1.96. The van der Waals surface area contributed by atoms with E-state index in [1.54, 1.807) is 0 Å². The van der Waals surface area contributed by atoms with Gasteiger partial charge in [-0.1, -0.05) is 46.8 Å². The number of rotatable bonds is 7. The molecular weight excluding hydrogens is 260 g/mol. The van der Waals surface area contributed by atoms with Crippen molar-refractivity contribution in [2.45, 2.75) is 54.0 Å². The SMILES string of the molecule is CCCNCc1cccc(NC(=O)CC(C)C(C)(C)C)c1. The van der Waals surface area contributed by atoms with Crippen molar-refractivity contribution in [3.8, 4) is 0 Å². The molecule has 3 heteroatoms. The molecule has 0 saturated heterocycles. The van der Waals surface area contributed by atoms with Crippen LogP contribution < -0.4 is 10.6 Å². The molecule has 1 aromatic rings. The summed E-state index contributed by atoms with van der Waals surface area (Å²) in [6.45, 7) is 12.7. The van der Waals surface area contributed by atoms with Gasteiger partial charge in [0.05, 0.1) is 0 Å². The van der Waals surface area contributed by atoms with Crippen molar-refractivity contribution in [2.75, 3.05) is 11.9 Å². The van der Waals surface area contributed by atoms with Gasteiger partial charge in [0.2, 0.25) is 5.91 Å². The molecule has 0 spiro atoms. The molecule has 0 heterocycles. The lowest BCUT2D eigenvalue weighted by molar-refractivity contribution is -0.117. The van der Waals surface area contributed by atoms with E-state index < -0.39 is 0 Å². The Morgan fingerprint density at radius 1 is 1.29 bits per heavy atom. The van der Waals surface area contributed by atoms with Crippen LogP contribution in [0.15, 0.2) is 24.3 Å². The van der Waals surface area contributed by atoms with Crippen molar-refractivity contribution in [1.29, 1.82) is 0 Å². The summed E-state index contributed by atoms with van der Waals surface area (Å²) in [7, 11) is 0. The molecule has 1 atom stereocenters. The first-order chi connectivity index (χ1) is 9.82. The van der Waals surface area contributed by atoms with Crippen molar-refractivity contribution < 1.29 is 4.79 Å². The Balaban J connectivity index is 2.54. The summed E-state index contributed by atoms with van der Waals surface area (Å²) in [5, 5.41) is 6.38. The van der Waals surface area contributed by atoms with Gasteiger partial charge in [-0.15, -0.1) is 0 Å². The highest BCUT2D eigenvalue weighted by Crippen LogP contribution is 2.28. The molecule has 1 rings (SSSR count). The lowest BCUT2D eigenvalue weighted by atomic mass is 9.80. The average Bonchev–Trinajstić information content (AvgIpc) is 2.38. The highest BCUT2D eigenvalue weighted by atomic mass is 16.1. The van der Waals surface area contributed by atoms with E-state index >= 15 is 0 Å². The maximum atomic E-state index is 12.1. The van der Waals surface area contributed by atoms with E-state index in [0.29, 0.717) is 12.3 Å². The molecule has 21 heavy (non-hydrogen) atoms. The predicted octanol–water partition coefficient (Wildman–Crippen LogP) is 4.20. The summed E-state index contributed by atoms with van der Waals surface area (Å²) in [5.41, 5.74) is 2.24. The summed E-state index contributed by atoms with van der Waals surface area (Å²) in [6, 6.07) is 8.06. The normalized spacial score (nSPS) is 13.0. The van der Waals surface area contributed by atoms with Gasteiger partial charge in [-0.2, -0.15) is 0 Å². The molecule has 1 amide bonds. The first-order valence-corrected chi connectivity index (χ1v) is 7.92. The van der Waals surface area contributed by atoms with E-state index in [1.165, 1.54) is 5.56 Å². The van der Waals surface area contributed by atoms with E-state index in [0.717, 1.165) is 25.2 Å². The Labute approximate surface area is 129 Å². The molecule has 2 N–H and O–H groups in total. The van der Waals surface area contributed by atoms with Crippen molar-refractivity contribution in [3.05, 3.63) is 29.8 Å². The topological polar surface area (TPSA) is 41.1 Å². The highest BCUT2D eigenvalue weighted by molar-refractivity contribution is 5.90. The third-order valence-corrected chi connectivity index (χ3v) is 3.94. The Morgan fingerprint density at radius 2 is 2.00 bits per heavy atom. The molecule has 118 valence electrons. The van der Waals surface area contributed by atoms with Crippen LogP contribution in [0.1, 0.15) is 53.0 Å². The first-order valence-electron chi connectivity index (χ1n) is 7.92. The van der Waals surface area contributed by atoms with E-state index in [1.807, 2.05) is 18.2 Å². The zero-order valence-electron chi connectivity index (χ0n) is 14.1. The summed E-state index contributed by atoms with van der Waals surface area (Å²) >= 11 is 0. The molecule has 0 aliphatic carbocycles. The molecule has 0 saturated carbocycles. The molecule has 1 unspecified atom stereocenters. The van der Waals surface area contributed by atoms with Crippen molar-refractivity contribution >= 4 is 11.6 Å². The van der Waals surface area contributed by atoms with Gasteiger partial charge in [0.25, 0.3) is 0 Å². The summed E-state index contributed by atoms with van der Waals surface area (Å²) in [4.78, 5) is 12.1. The minimum Gasteiger partial charge on any atom is -0.326 e. The minimum absolute atomic E-state index is 0.0936. The van der Waals surface area contributed by atoms with E-state index in [9.17, 15) is 4.79 Å². The largest absolute Gasteiger partial charge is 0.326 e. The highest BCUT2D eigenvalue weighted by Gasteiger charge is 2.22. The second-order valence-electron chi connectivity index (χ2n) is 6.90. The van der Waals surface area contributed by atoms with E-state index in [2.05, 4.69) is 51.3 Å². The van der Waals surface area contributed by atoms with Crippen LogP contribution >= 0.6 is 0 Å². The smallest absolute Gasteiger partial charge is 0.224 e. The summed E-state index contributed by atoms with van der Waals surface area (Å²) < 4.78 is 0. The van der Waals surface area contributed by atoms with E-state index in [4.69, 9.17) is 0 Å². The monoisotopic (exact) mass is 290 g/mol. The zero-order valence-corrected chi connectivity index (χ0v) is 14.1. The van der Waals surface area contributed by atoms with Crippen molar-refractivity contribution in [3.63, 3.8) is 0 Å². The fraction of sp³-hybridized carbons (Fsp3) is 0.611. The van der Waals surface area contributed by atoms with Gasteiger partial charge in [-0.25, -0.2) is 0 Å². The molecule has 0 radical (unpaired) electrons. The van der Waals surface area contributed by atoms with Gasteiger partial charge < -0.3 is 10.6 Å². The molecule has 0 aliphatic rings. The van der Waals surface area contributed by atoms with Gasteiger partial charge in [-0.05, 0) is 42.0 Å². The maximum Gasteiger partial charge on any atom is 0.224 e. The number of carbonyl (C=O) groups excluding carboxylic acids is 1. The van der Waals surface area contributed by atoms with Crippen LogP contribution in [0.5, 0.6) is 0 Å². The molecule has 3 nitrogen and oxygen atoms in total. The predicted molar refractivity (Wildman–Crippen MR) is 90.3 cm³/mol. The number of hydrogen-bond donors (Lipinski definition) is 2. The second-order valence-corrected chi connectivity index (χ2v) is 6.90. The second kappa shape index (κ2) is 8.18. The molecule has 0 aliphatic heterocycles. The quantitative estimate of drug-likeness (QED) is 0.739. The molecule has 1 aromatic carbocycles. The molecule has 0 bridgehead atoms.